The predicted octanol–water partition coefficient (Wildman–Crippen LogP) is 5.04. The molecule has 0 atom stereocenters. The van der Waals surface area contributed by atoms with Crippen molar-refractivity contribution in [1.82, 2.24) is 5.32 Å². The number of anilines is 2. The van der Waals surface area contributed by atoms with Gasteiger partial charge in [0, 0.05) is 6.54 Å². The summed E-state index contributed by atoms with van der Waals surface area (Å²) in [7, 11) is -0.846. The summed E-state index contributed by atoms with van der Waals surface area (Å²) in [6, 6.07) is 14.4. The van der Waals surface area contributed by atoms with Crippen LogP contribution in [0.3, 0.4) is 0 Å². The highest BCUT2D eigenvalue weighted by molar-refractivity contribution is 7.92. The molecule has 0 fully saturated rings. The van der Waals surface area contributed by atoms with Crippen LogP contribution in [0.1, 0.15) is 15.9 Å². The predicted molar refractivity (Wildman–Crippen MR) is 154 cm³/mol. The van der Waals surface area contributed by atoms with Crippen molar-refractivity contribution in [1.29, 1.82) is 0 Å². The van der Waals surface area contributed by atoms with Gasteiger partial charge in [-0.25, -0.2) is 8.42 Å². The summed E-state index contributed by atoms with van der Waals surface area (Å²) in [4.78, 5) is 25.8. The van der Waals surface area contributed by atoms with E-state index < -0.39 is 28.4 Å². The molecule has 0 saturated carbocycles. The second-order valence-corrected chi connectivity index (χ2v) is 11.4. The minimum absolute atomic E-state index is 0.00289. The first-order valence-electron chi connectivity index (χ1n) is 11.4. The Balaban J connectivity index is 1.71. The van der Waals surface area contributed by atoms with E-state index in [1.807, 2.05) is 12.1 Å². The molecular weight excluding hydrogens is 589 g/mol. The Morgan fingerprint density at radius 2 is 1.56 bits per heavy atom. The molecule has 3 aromatic carbocycles. The highest BCUT2D eigenvalue weighted by Crippen LogP contribution is 2.35. The van der Waals surface area contributed by atoms with E-state index >= 15 is 0 Å². The largest absolute Gasteiger partial charge is 0.493 e. The number of carbonyl (C=O) groups excluding carboxylic acids is 2. The van der Waals surface area contributed by atoms with Gasteiger partial charge < -0.3 is 20.1 Å². The molecule has 13 heteroatoms. The number of ether oxygens (including phenoxy) is 2. The molecule has 0 radical (unpaired) electrons. The molecule has 2 amide bonds. The van der Waals surface area contributed by atoms with Crippen LogP contribution in [0, 0.1) is 0 Å². The van der Waals surface area contributed by atoms with Crippen LogP contribution in [-0.4, -0.2) is 53.8 Å². The average Bonchev–Trinajstić information content (AvgIpc) is 2.89. The lowest BCUT2D eigenvalue weighted by atomic mass is 10.1. The number of amides is 2. The zero-order valence-electron chi connectivity index (χ0n) is 21.3. The Labute approximate surface area is 242 Å². The molecule has 3 aromatic rings. The number of para-hydroxylation sites is 1. The zero-order valence-corrected chi connectivity index (χ0v) is 24.3. The van der Waals surface area contributed by atoms with Crippen molar-refractivity contribution < 1.29 is 27.5 Å². The Morgan fingerprint density at radius 1 is 0.897 bits per heavy atom. The van der Waals surface area contributed by atoms with Gasteiger partial charge in [0.2, 0.25) is 15.9 Å². The maximum atomic E-state index is 12.9. The van der Waals surface area contributed by atoms with Gasteiger partial charge in [0.1, 0.15) is 6.54 Å². The molecule has 0 saturated heterocycles. The lowest BCUT2D eigenvalue weighted by Gasteiger charge is -2.23. The monoisotopic (exact) mass is 613 g/mol. The molecule has 3 rings (SSSR count). The van der Waals surface area contributed by atoms with E-state index in [0.29, 0.717) is 24.5 Å². The topological polar surface area (TPSA) is 114 Å². The Morgan fingerprint density at radius 3 is 2.23 bits per heavy atom. The van der Waals surface area contributed by atoms with E-state index in [0.717, 1.165) is 16.1 Å². The van der Waals surface area contributed by atoms with Crippen LogP contribution < -0.4 is 24.4 Å². The van der Waals surface area contributed by atoms with Gasteiger partial charge in [-0.1, -0.05) is 53.0 Å². The third-order valence-corrected chi connectivity index (χ3v) is 7.69. The normalized spacial score (nSPS) is 11.0. The molecule has 2 N–H and O–H groups in total. The van der Waals surface area contributed by atoms with Crippen LogP contribution in [0.2, 0.25) is 15.1 Å². The maximum Gasteiger partial charge on any atom is 0.253 e. The van der Waals surface area contributed by atoms with Crippen LogP contribution >= 0.6 is 34.8 Å². The summed E-state index contributed by atoms with van der Waals surface area (Å²) >= 11 is 18.2. The van der Waals surface area contributed by atoms with Crippen LogP contribution in [0.5, 0.6) is 11.5 Å². The van der Waals surface area contributed by atoms with Crippen molar-refractivity contribution in [2.24, 2.45) is 0 Å². The number of nitrogens with one attached hydrogen (secondary N) is 2. The van der Waals surface area contributed by atoms with Gasteiger partial charge in [0.05, 0.1) is 52.5 Å². The number of nitrogens with zero attached hydrogens (tertiary/aromatic N) is 1. The summed E-state index contributed by atoms with van der Waals surface area (Å²) < 4.78 is 36.3. The number of benzene rings is 3. The summed E-state index contributed by atoms with van der Waals surface area (Å²) in [5.41, 5.74) is 1.33. The summed E-state index contributed by atoms with van der Waals surface area (Å²) in [5, 5.41) is 5.63. The number of rotatable bonds is 11. The lowest BCUT2D eigenvalue weighted by Crippen LogP contribution is -2.38. The molecule has 0 heterocycles. The fourth-order valence-electron chi connectivity index (χ4n) is 3.65. The minimum atomic E-state index is -3.94. The SMILES string of the molecule is COc1ccc(CCNC(=O)c2ccccc2NC(=O)CN(c2cc(Cl)c(Cl)cc2Cl)S(C)(=O)=O)cc1OC. The van der Waals surface area contributed by atoms with E-state index in [4.69, 9.17) is 44.3 Å². The number of methoxy groups -OCH3 is 2. The van der Waals surface area contributed by atoms with Gasteiger partial charge in [-0.3, -0.25) is 13.9 Å². The fraction of sp³-hybridized carbons (Fsp3) is 0.231. The number of carbonyl (C=O) groups is 2. The molecule has 208 valence electrons. The first-order valence-corrected chi connectivity index (χ1v) is 14.4. The number of sulfonamides is 1. The smallest absolute Gasteiger partial charge is 0.253 e. The summed E-state index contributed by atoms with van der Waals surface area (Å²) in [6.07, 6.45) is 1.45. The fourth-order valence-corrected chi connectivity index (χ4v) is 5.20. The number of halogens is 3. The van der Waals surface area contributed by atoms with Crippen molar-refractivity contribution >= 4 is 68.0 Å². The first kappa shape index (κ1) is 30.4. The van der Waals surface area contributed by atoms with Gasteiger partial charge in [-0.05, 0) is 48.4 Å². The van der Waals surface area contributed by atoms with Gasteiger partial charge >= 0.3 is 0 Å². The average molecular weight is 615 g/mol. The molecule has 0 unspecified atom stereocenters. The van der Waals surface area contributed by atoms with E-state index in [2.05, 4.69) is 10.6 Å². The first-order chi connectivity index (χ1) is 18.4. The van der Waals surface area contributed by atoms with Crippen molar-refractivity contribution in [2.45, 2.75) is 6.42 Å². The third kappa shape index (κ3) is 7.92. The Kier molecular flexibility index (Phi) is 10.3. The molecule has 0 spiro atoms. The molecule has 0 aliphatic heterocycles. The second kappa shape index (κ2) is 13.3. The van der Waals surface area contributed by atoms with Crippen molar-refractivity contribution in [3.05, 3.63) is 80.8 Å². The number of hydrogen-bond donors (Lipinski definition) is 2. The molecule has 0 aliphatic carbocycles. The Hall–Kier alpha value is -3.18. The number of hydrogen-bond acceptors (Lipinski definition) is 6. The van der Waals surface area contributed by atoms with Gasteiger partial charge in [0.25, 0.3) is 5.91 Å². The van der Waals surface area contributed by atoms with Gasteiger partial charge in [-0.15, -0.1) is 0 Å². The van der Waals surface area contributed by atoms with E-state index in [1.54, 1.807) is 38.5 Å². The summed E-state index contributed by atoms with van der Waals surface area (Å²) in [6.45, 7) is -0.306. The van der Waals surface area contributed by atoms with Crippen molar-refractivity contribution in [3.8, 4) is 11.5 Å². The zero-order chi connectivity index (χ0) is 28.7. The van der Waals surface area contributed by atoms with E-state index in [-0.39, 0.29) is 32.0 Å². The molecule has 0 bridgehead atoms. The third-order valence-electron chi connectivity index (χ3n) is 5.54. The van der Waals surface area contributed by atoms with Crippen LogP contribution in [-0.2, 0) is 21.2 Å². The molecule has 9 nitrogen and oxygen atoms in total. The highest BCUT2D eigenvalue weighted by Gasteiger charge is 2.25. The van der Waals surface area contributed by atoms with Gasteiger partial charge in [0.15, 0.2) is 11.5 Å². The summed E-state index contributed by atoms with van der Waals surface area (Å²) in [5.74, 6) is 0.0671. The van der Waals surface area contributed by atoms with Crippen LogP contribution in [0.25, 0.3) is 0 Å². The van der Waals surface area contributed by atoms with Gasteiger partial charge in [-0.2, -0.15) is 0 Å². The molecular formula is C26H26Cl3N3O6S. The molecule has 0 aliphatic rings. The maximum absolute atomic E-state index is 12.9. The standard InChI is InChI=1S/C26H26Cl3N3O6S/c1-37-23-9-8-16(12-24(23)38-2)10-11-30-26(34)17-6-4-5-7-21(17)31-25(33)15-32(39(3,35)36)22-14-19(28)18(27)13-20(22)29/h4-9,12-14H,10-11,15H2,1-3H3,(H,30,34)(H,31,33). The van der Waals surface area contributed by atoms with E-state index in [1.165, 1.54) is 18.2 Å². The quantitative estimate of drug-likeness (QED) is 0.293. The molecule has 39 heavy (non-hydrogen) atoms. The molecule has 0 aromatic heterocycles. The van der Waals surface area contributed by atoms with E-state index in [9.17, 15) is 18.0 Å². The van der Waals surface area contributed by atoms with Crippen LogP contribution in [0.4, 0.5) is 11.4 Å². The second-order valence-electron chi connectivity index (χ2n) is 8.28. The highest BCUT2D eigenvalue weighted by atomic mass is 35.5. The lowest BCUT2D eigenvalue weighted by molar-refractivity contribution is -0.114. The van der Waals surface area contributed by atoms with Crippen molar-refractivity contribution in [3.63, 3.8) is 0 Å². The minimum Gasteiger partial charge on any atom is -0.493 e. The Bertz CT molecular complexity index is 1480. The van der Waals surface area contributed by atoms with Crippen molar-refractivity contribution in [2.75, 3.05) is 43.2 Å². The van der Waals surface area contributed by atoms with Crippen LogP contribution in [0.15, 0.2) is 54.6 Å².